The maximum Gasteiger partial charge on any atom is 0.253 e. The molecule has 5 rings (SSSR count). The number of aromatic nitrogens is 3. The van der Waals surface area contributed by atoms with Gasteiger partial charge in [0.15, 0.2) is 15.0 Å². The quantitative estimate of drug-likeness (QED) is 0.462. The summed E-state index contributed by atoms with van der Waals surface area (Å²) < 4.78 is 31.6. The molecule has 2 aliphatic carbocycles. The summed E-state index contributed by atoms with van der Waals surface area (Å²) >= 11 is 1.20. The number of methoxy groups -OCH3 is 1. The van der Waals surface area contributed by atoms with Gasteiger partial charge in [-0.3, -0.25) is 9.59 Å². The first kappa shape index (κ1) is 23.9. The average molecular weight is 517 g/mol. The fraction of sp³-hybridized carbons (Fsp3) is 0.500. The molecule has 2 saturated carbocycles. The van der Waals surface area contributed by atoms with E-state index >= 15 is 0 Å². The van der Waals surface area contributed by atoms with Crippen LogP contribution in [0.5, 0.6) is 5.88 Å². The van der Waals surface area contributed by atoms with Crippen LogP contribution in [-0.2, 0) is 14.6 Å². The largest absolute Gasteiger partial charge is 0.481 e. The number of hydrogen-bond acceptors (Lipinski definition) is 8. The molecule has 9 nitrogen and oxygen atoms in total. The summed E-state index contributed by atoms with van der Waals surface area (Å²) in [5.74, 6) is -0.636. The van der Waals surface area contributed by atoms with Gasteiger partial charge in [-0.1, -0.05) is 43.4 Å². The van der Waals surface area contributed by atoms with Gasteiger partial charge in [0.25, 0.3) is 5.56 Å². The molecule has 2 N–H and O–H groups in total. The number of nitrogens with one attached hydrogen (secondary N) is 2. The number of amides is 1. The van der Waals surface area contributed by atoms with Crippen LogP contribution in [0, 0.1) is 5.92 Å². The first-order valence-electron chi connectivity index (χ1n) is 11.9. The van der Waals surface area contributed by atoms with Gasteiger partial charge in [0.2, 0.25) is 11.8 Å². The molecule has 3 aromatic heterocycles. The van der Waals surface area contributed by atoms with Crippen molar-refractivity contribution in [1.29, 1.82) is 0 Å². The van der Waals surface area contributed by atoms with E-state index in [0.717, 1.165) is 32.1 Å². The monoisotopic (exact) mass is 516 g/mol. The van der Waals surface area contributed by atoms with Gasteiger partial charge in [-0.25, -0.2) is 18.4 Å². The molecule has 0 saturated heterocycles. The fourth-order valence-corrected chi connectivity index (χ4v) is 7.63. The highest BCUT2D eigenvalue weighted by atomic mass is 32.2. The summed E-state index contributed by atoms with van der Waals surface area (Å²) in [4.78, 5) is 38.7. The Morgan fingerprint density at radius 3 is 2.66 bits per heavy atom. The Labute approximate surface area is 207 Å². The van der Waals surface area contributed by atoms with Crippen LogP contribution in [-0.4, -0.2) is 41.6 Å². The smallest absolute Gasteiger partial charge is 0.253 e. The van der Waals surface area contributed by atoms with E-state index < -0.39 is 32.5 Å². The molecule has 11 heteroatoms. The molecular weight excluding hydrogens is 488 g/mol. The number of hydrogen-bond donors (Lipinski definition) is 2. The molecule has 35 heavy (non-hydrogen) atoms. The molecule has 1 atom stereocenters. The lowest BCUT2D eigenvalue weighted by Gasteiger charge is -2.26. The zero-order valence-corrected chi connectivity index (χ0v) is 21.1. The number of anilines is 1. The fourth-order valence-electron chi connectivity index (χ4n) is 4.88. The van der Waals surface area contributed by atoms with Crippen molar-refractivity contribution in [1.82, 2.24) is 15.0 Å². The molecule has 1 unspecified atom stereocenters. The zero-order valence-electron chi connectivity index (χ0n) is 19.5. The highest BCUT2D eigenvalue weighted by molar-refractivity contribution is 7.92. The number of fused-ring (bicyclic) bond motifs is 1. The second-order valence-corrected chi connectivity index (χ2v) is 12.5. The maximum atomic E-state index is 13.7. The molecule has 0 aromatic carbocycles. The number of carbonyl (C=O) groups excluding carboxylic acids is 1. The van der Waals surface area contributed by atoms with E-state index in [4.69, 9.17) is 4.74 Å². The third kappa shape index (κ3) is 4.97. The second kappa shape index (κ2) is 9.69. The molecule has 0 radical (unpaired) electrons. The SMILES string of the molecule is COc1ccc2nc(NC(=O)C(CC3CCCCC3)c3c(S(=O)(=O)C4CC4)cc[nH]c3=O)sc2n1. The Morgan fingerprint density at radius 2 is 1.94 bits per heavy atom. The van der Waals surface area contributed by atoms with E-state index in [0.29, 0.717) is 40.6 Å². The van der Waals surface area contributed by atoms with E-state index in [2.05, 4.69) is 20.3 Å². The van der Waals surface area contributed by atoms with Gasteiger partial charge in [-0.2, -0.15) is 0 Å². The van der Waals surface area contributed by atoms with E-state index in [9.17, 15) is 18.0 Å². The highest BCUT2D eigenvalue weighted by Gasteiger charge is 2.41. The van der Waals surface area contributed by atoms with Crippen LogP contribution < -0.4 is 15.6 Å². The predicted molar refractivity (Wildman–Crippen MR) is 134 cm³/mol. The van der Waals surface area contributed by atoms with Gasteiger partial charge < -0.3 is 15.0 Å². The Balaban J connectivity index is 1.52. The van der Waals surface area contributed by atoms with Crippen LogP contribution >= 0.6 is 11.3 Å². The number of nitrogens with zero attached hydrogens (tertiary/aromatic N) is 2. The van der Waals surface area contributed by atoms with E-state index in [1.807, 2.05) is 0 Å². The molecule has 0 bridgehead atoms. The number of rotatable bonds is 8. The predicted octanol–water partition coefficient (Wildman–Crippen LogP) is 4.02. The van der Waals surface area contributed by atoms with Crippen molar-refractivity contribution in [3.05, 3.63) is 40.3 Å². The van der Waals surface area contributed by atoms with Gasteiger partial charge in [0.1, 0.15) is 10.3 Å². The zero-order chi connectivity index (χ0) is 24.6. The van der Waals surface area contributed by atoms with Crippen molar-refractivity contribution in [3.63, 3.8) is 0 Å². The average Bonchev–Trinajstić information content (AvgIpc) is 3.64. The molecular formula is C24H28N4O5S2. The van der Waals surface area contributed by atoms with Crippen LogP contribution in [0.15, 0.2) is 34.1 Å². The first-order valence-corrected chi connectivity index (χ1v) is 14.3. The van der Waals surface area contributed by atoms with Gasteiger partial charge in [-0.15, -0.1) is 0 Å². The summed E-state index contributed by atoms with van der Waals surface area (Å²) in [6, 6.07) is 4.88. The van der Waals surface area contributed by atoms with Crippen molar-refractivity contribution in [3.8, 4) is 5.88 Å². The van der Waals surface area contributed by atoms with Crippen molar-refractivity contribution in [2.45, 2.75) is 67.4 Å². The molecule has 3 aromatic rings. The molecule has 0 spiro atoms. The van der Waals surface area contributed by atoms with Crippen molar-refractivity contribution >= 4 is 42.6 Å². The van der Waals surface area contributed by atoms with Gasteiger partial charge >= 0.3 is 0 Å². The number of thiazole rings is 1. The normalized spacial score (nSPS) is 17.9. The number of sulfone groups is 1. The van der Waals surface area contributed by atoms with Crippen LogP contribution in [0.4, 0.5) is 5.13 Å². The number of carbonyl (C=O) groups is 1. The van der Waals surface area contributed by atoms with Crippen LogP contribution in [0.2, 0.25) is 0 Å². The summed E-state index contributed by atoms with van der Waals surface area (Å²) in [7, 11) is -2.15. The van der Waals surface area contributed by atoms with Crippen molar-refractivity contribution in [2.24, 2.45) is 5.92 Å². The second-order valence-electron chi connectivity index (χ2n) is 9.31. The highest BCUT2D eigenvalue weighted by Crippen LogP contribution is 2.39. The summed E-state index contributed by atoms with van der Waals surface area (Å²) in [6.45, 7) is 0. The Morgan fingerprint density at radius 1 is 1.17 bits per heavy atom. The number of aromatic amines is 1. The molecule has 186 valence electrons. The Bertz CT molecular complexity index is 1400. The Hall–Kier alpha value is -2.79. The van der Waals surface area contributed by atoms with E-state index in [1.54, 1.807) is 12.1 Å². The lowest BCUT2D eigenvalue weighted by molar-refractivity contribution is -0.118. The summed E-state index contributed by atoms with van der Waals surface area (Å²) in [5, 5.41) is 2.71. The van der Waals surface area contributed by atoms with Crippen LogP contribution in [0.25, 0.3) is 10.3 Å². The lowest BCUT2D eigenvalue weighted by Crippen LogP contribution is -2.31. The van der Waals surface area contributed by atoms with E-state index in [1.165, 1.54) is 30.7 Å². The minimum Gasteiger partial charge on any atom is -0.481 e. The standard InChI is InChI=1S/C24H28N4O5S2/c1-33-19-10-9-17-23(27-19)34-24(26-17)28-21(29)16(13-14-5-3-2-4-6-14)20-18(11-12-25-22(20)30)35(31,32)15-7-8-15/h9-12,14-16H,2-8,13H2,1H3,(H,25,30)(H,26,28,29). The molecule has 2 aliphatic rings. The minimum absolute atomic E-state index is 0.0181. The molecule has 2 fully saturated rings. The summed E-state index contributed by atoms with van der Waals surface area (Å²) in [6.07, 6.45) is 8.15. The van der Waals surface area contributed by atoms with Gasteiger partial charge in [-0.05, 0) is 37.3 Å². The van der Waals surface area contributed by atoms with E-state index in [-0.39, 0.29) is 16.4 Å². The minimum atomic E-state index is -3.68. The lowest BCUT2D eigenvalue weighted by atomic mass is 9.80. The first-order chi connectivity index (χ1) is 16.9. The van der Waals surface area contributed by atoms with Crippen LogP contribution in [0.3, 0.4) is 0 Å². The van der Waals surface area contributed by atoms with Gasteiger partial charge in [0.05, 0.1) is 23.2 Å². The Kier molecular flexibility index (Phi) is 6.63. The third-order valence-corrected chi connectivity index (χ3v) is 10.1. The maximum absolute atomic E-state index is 13.7. The van der Waals surface area contributed by atoms with Gasteiger partial charge in [0, 0.05) is 17.8 Å². The number of H-pyrrole nitrogens is 1. The van der Waals surface area contributed by atoms with Crippen LogP contribution in [0.1, 0.15) is 62.8 Å². The number of pyridine rings is 2. The number of ether oxygens (including phenoxy) is 1. The summed E-state index contributed by atoms with van der Waals surface area (Å²) in [5.41, 5.74) is 0.131. The van der Waals surface area contributed by atoms with Crippen molar-refractivity contribution < 1.29 is 17.9 Å². The molecule has 0 aliphatic heterocycles. The third-order valence-electron chi connectivity index (χ3n) is 6.86. The topological polar surface area (TPSA) is 131 Å². The molecule has 1 amide bonds. The van der Waals surface area contributed by atoms with Crippen molar-refractivity contribution in [2.75, 3.05) is 12.4 Å². The molecule has 3 heterocycles.